The van der Waals surface area contributed by atoms with Crippen LogP contribution in [-0.2, 0) is 16.6 Å². The fraction of sp³-hybridized carbons (Fsp3) is 0.476. The Kier molecular flexibility index (Phi) is 5.30. The molecule has 0 aliphatic carbocycles. The molecule has 2 aliphatic rings. The summed E-state index contributed by atoms with van der Waals surface area (Å²) in [5.74, 6) is 0.178. The lowest BCUT2D eigenvalue weighted by atomic mass is 9.99. The van der Waals surface area contributed by atoms with Crippen molar-refractivity contribution in [3.8, 4) is 0 Å². The maximum Gasteiger partial charge on any atom is 0.281 e. The van der Waals surface area contributed by atoms with Gasteiger partial charge in [-0.05, 0) is 55.9 Å². The zero-order chi connectivity index (χ0) is 18.9. The Bertz CT molecular complexity index is 893. The minimum Gasteiger partial charge on any atom is -0.258 e. The van der Waals surface area contributed by atoms with Gasteiger partial charge < -0.3 is 0 Å². The van der Waals surface area contributed by atoms with Crippen molar-refractivity contribution in [1.29, 1.82) is 0 Å². The number of pyridine rings is 1. The molecule has 2 saturated heterocycles. The molecule has 0 radical (unpaired) electrons. The van der Waals surface area contributed by atoms with Crippen LogP contribution in [0.15, 0.2) is 42.5 Å². The van der Waals surface area contributed by atoms with Crippen LogP contribution in [0.5, 0.6) is 0 Å². The number of aromatic nitrogens is 1. The number of aryl methyl sites for hydroxylation is 1. The van der Waals surface area contributed by atoms with Crippen molar-refractivity contribution in [1.82, 2.24) is 13.6 Å². The van der Waals surface area contributed by atoms with E-state index in [0.717, 1.165) is 37.1 Å². The molecule has 0 bridgehead atoms. The molecule has 2 aliphatic heterocycles. The van der Waals surface area contributed by atoms with Gasteiger partial charge in [-0.25, -0.2) is 0 Å². The average molecular weight is 386 g/mol. The van der Waals surface area contributed by atoms with Gasteiger partial charge in [0.25, 0.3) is 10.2 Å². The van der Waals surface area contributed by atoms with Crippen molar-refractivity contribution in [2.45, 2.75) is 38.5 Å². The SMILES string of the molecule is Cc1cc(Cc2ccccc2)cc([C@@H]2CCN(S(=O)(=O)N3CCCC3)C2)n1. The first-order valence-electron chi connectivity index (χ1n) is 9.79. The summed E-state index contributed by atoms with van der Waals surface area (Å²) in [4.78, 5) is 4.74. The standard InChI is InChI=1S/C21H27N3O2S/c1-17-13-19(14-18-7-3-2-4-8-18)15-21(22-17)20-9-12-24(16-20)27(25,26)23-10-5-6-11-23/h2-4,7-8,13,15,20H,5-6,9-12,14,16H2,1H3/t20-/m1/s1. The van der Waals surface area contributed by atoms with Crippen molar-refractivity contribution in [2.24, 2.45) is 0 Å². The first-order valence-corrected chi connectivity index (χ1v) is 11.2. The van der Waals surface area contributed by atoms with E-state index >= 15 is 0 Å². The lowest BCUT2D eigenvalue weighted by molar-refractivity contribution is 0.395. The normalized spacial score (nSPS) is 21.7. The minimum atomic E-state index is -3.31. The fourth-order valence-corrected chi connectivity index (χ4v) is 5.92. The van der Waals surface area contributed by atoms with Gasteiger partial charge in [0.1, 0.15) is 0 Å². The summed E-state index contributed by atoms with van der Waals surface area (Å²) in [6.45, 7) is 4.47. The highest BCUT2D eigenvalue weighted by Crippen LogP contribution is 2.30. The molecule has 0 amide bonds. The first-order chi connectivity index (χ1) is 13.0. The van der Waals surface area contributed by atoms with Crippen molar-refractivity contribution in [3.05, 3.63) is 65.0 Å². The molecule has 1 atom stereocenters. The topological polar surface area (TPSA) is 53.5 Å². The largest absolute Gasteiger partial charge is 0.281 e. The Morgan fingerprint density at radius 1 is 1.00 bits per heavy atom. The highest BCUT2D eigenvalue weighted by Gasteiger charge is 2.37. The van der Waals surface area contributed by atoms with Crippen molar-refractivity contribution in [3.63, 3.8) is 0 Å². The third kappa shape index (κ3) is 4.08. The van der Waals surface area contributed by atoms with Gasteiger partial charge in [0, 0.05) is 43.5 Å². The number of rotatable bonds is 5. The van der Waals surface area contributed by atoms with Crippen LogP contribution >= 0.6 is 0 Å². The van der Waals surface area contributed by atoms with Crippen LogP contribution in [-0.4, -0.2) is 48.2 Å². The molecule has 0 unspecified atom stereocenters. The molecule has 27 heavy (non-hydrogen) atoms. The lowest BCUT2D eigenvalue weighted by Crippen LogP contribution is -2.41. The zero-order valence-corrected chi connectivity index (χ0v) is 16.7. The zero-order valence-electron chi connectivity index (χ0n) is 15.8. The summed E-state index contributed by atoms with van der Waals surface area (Å²) in [5, 5.41) is 0. The van der Waals surface area contributed by atoms with E-state index in [-0.39, 0.29) is 5.92 Å². The van der Waals surface area contributed by atoms with Gasteiger partial charge in [0.15, 0.2) is 0 Å². The summed E-state index contributed by atoms with van der Waals surface area (Å²) in [6.07, 6.45) is 3.66. The van der Waals surface area contributed by atoms with E-state index in [9.17, 15) is 8.42 Å². The molecule has 0 N–H and O–H groups in total. The van der Waals surface area contributed by atoms with Gasteiger partial charge in [0.2, 0.25) is 0 Å². The van der Waals surface area contributed by atoms with Crippen molar-refractivity contribution >= 4 is 10.2 Å². The molecule has 6 heteroatoms. The van der Waals surface area contributed by atoms with Crippen LogP contribution in [0.4, 0.5) is 0 Å². The molecule has 2 fully saturated rings. The van der Waals surface area contributed by atoms with Gasteiger partial charge in [-0.3, -0.25) is 4.98 Å². The van der Waals surface area contributed by atoms with E-state index in [2.05, 4.69) is 36.4 Å². The second-order valence-corrected chi connectivity index (χ2v) is 9.59. The van der Waals surface area contributed by atoms with Gasteiger partial charge in [0.05, 0.1) is 0 Å². The Morgan fingerprint density at radius 3 is 2.48 bits per heavy atom. The predicted octanol–water partition coefficient (Wildman–Crippen LogP) is 3.11. The molecule has 0 saturated carbocycles. The van der Waals surface area contributed by atoms with E-state index in [4.69, 9.17) is 4.98 Å². The summed E-state index contributed by atoms with van der Waals surface area (Å²) < 4.78 is 28.9. The third-order valence-corrected chi connectivity index (χ3v) is 7.57. The van der Waals surface area contributed by atoms with Gasteiger partial charge in [-0.15, -0.1) is 0 Å². The monoisotopic (exact) mass is 385 g/mol. The second-order valence-electron chi connectivity index (χ2n) is 7.66. The quantitative estimate of drug-likeness (QED) is 0.795. The van der Waals surface area contributed by atoms with Crippen LogP contribution in [0.3, 0.4) is 0 Å². The van der Waals surface area contributed by atoms with Crippen LogP contribution in [0, 0.1) is 6.92 Å². The summed E-state index contributed by atoms with van der Waals surface area (Å²) in [5.41, 5.74) is 4.54. The van der Waals surface area contributed by atoms with Crippen LogP contribution in [0.1, 0.15) is 47.7 Å². The number of hydrogen-bond donors (Lipinski definition) is 0. The third-order valence-electron chi connectivity index (χ3n) is 5.57. The molecule has 5 nitrogen and oxygen atoms in total. The molecule has 0 spiro atoms. The van der Waals surface area contributed by atoms with Gasteiger partial charge >= 0.3 is 0 Å². The Labute approximate surface area is 162 Å². The molecule has 1 aromatic heterocycles. The van der Waals surface area contributed by atoms with E-state index in [1.807, 2.05) is 13.0 Å². The van der Waals surface area contributed by atoms with E-state index in [1.54, 1.807) is 8.61 Å². The first kappa shape index (κ1) is 18.6. The number of hydrogen-bond acceptors (Lipinski definition) is 3. The Morgan fingerprint density at radius 2 is 1.74 bits per heavy atom. The summed E-state index contributed by atoms with van der Waals surface area (Å²) >= 11 is 0. The lowest BCUT2D eigenvalue weighted by Gasteiger charge is -2.23. The van der Waals surface area contributed by atoms with Crippen LogP contribution in [0.25, 0.3) is 0 Å². The van der Waals surface area contributed by atoms with Crippen molar-refractivity contribution < 1.29 is 8.42 Å². The highest BCUT2D eigenvalue weighted by molar-refractivity contribution is 7.86. The maximum atomic E-state index is 12.8. The summed E-state index contributed by atoms with van der Waals surface area (Å²) in [7, 11) is -3.31. The molecule has 3 heterocycles. The van der Waals surface area contributed by atoms with E-state index in [0.29, 0.717) is 26.2 Å². The maximum absolute atomic E-state index is 12.8. The molecule has 144 valence electrons. The number of benzene rings is 1. The summed E-state index contributed by atoms with van der Waals surface area (Å²) in [6, 6.07) is 14.7. The highest BCUT2D eigenvalue weighted by atomic mass is 32.2. The van der Waals surface area contributed by atoms with Gasteiger partial charge in [-0.1, -0.05) is 30.3 Å². The number of nitrogens with zero attached hydrogens (tertiary/aromatic N) is 3. The molecule has 1 aromatic carbocycles. The Hall–Kier alpha value is -1.76. The second kappa shape index (κ2) is 7.70. The Balaban J connectivity index is 1.50. The molecular weight excluding hydrogens is 358 g/mol. The van der Waals surface area contributed by atoms with Gasteiger partial charge in [-0.2, -0.15) is 17.0 Å². The predicted molar refractivity (Wildman–Crippen MR) is 107 cm³/mol. The van der Waals surface area contributed by atoms with Crippen LogP contribution in [0.2, 0.25) is 0 Å². The molecule has 4 rings (SSSR count). The van der Waals surface area contributed by atoms with Crippen LogP contribution < -0.4 is 0 Å². The van der Waals surface area contributed by atoms with E-state index < -0.39 is 10.2 Å². The average Bonchev–Trinajstić information content (AvgIpc) is 3.35. The van der Waals surface area contributed by atoms with E-state index in [1.165, 1.54) is 11.1 Å². The molecular formula is C21H27N3O2S. The fourth-order valence-electron chi connectivity index (χ4n) is 4.17. The minimum absolute atomic E-state index is 0.178. The van der Waals surface area contributed by atoms with Crippen molar-refractivity contribution in [2.75, 3.05) is 26.2 Å². The smallest absolute Gasteiger partial charge is 0.258 e. The molecule has 2 aromatic rings.